The number of hydrogen-bond acceptors (Lipinski definition) is 5. The van der Waals surface area contributed by atoms with Crippen molar-refractivity contribution in [3.05, 3.63) is 53.8 Å². The first-order valence-electron chi connectivity index (χ1n) is 10.7. The van der Waals surface area contributed by atoms with E-state index >= 15 is 0 Å². The molecule has 30 heavy (non-hydrogen) atoms. The molecule has 0 bridgehead atoms. The van der Waals surface area contributed by atoms with E-state index in [0.29, 0.717) is 18.8 Å². The monoisotopic (exact) mass is 406 g/mol. The van der Waals surface area contributed by atoms with Crippen molar-refractivity contribution in [2.45, 2.75) is 25.7 Å². The molecular weight excluding hydrogens is 380 g/mol. The molecule has 156 valence electrons. The predicted molar refractivity (Wildman–Crippen MR) is 115 cm³/mol. The number of piperazine rings is 1. The Labute approximate surface area is 175 Å². The van der Waals surface area contributed by atoms with Gasteiger partial charge in [-0.2, -0.15) is 0 Å². The van der Waals surface area contributed by atoms with E-state index in [2.05, 4.69) is 4.90 Å². The van der Waals surface area contributed by atoms with E-state index in [9.17, 15) is 9.90 Å². The van der Waals surface area contributed by atoms with Crippen LogP contribution in [0.4, 0.5) is 5.69 Å². The molecule has 1 aromatic heterocycles. The number of benzene rings is 2. The number of hydrogen-bond donors (Lipinski definition) is 1. The first-order chi connectivity index (χ1) is 14.7. The Kier molecular flexibility index (Phi) is 4.99. The number of aromatic hydroxyl groups is 1. The number of fused-ring (bicyclic) bond motifs is 3. The normalized spacial score (nSPS) is 16.5. The fourth-order valence-electron chi connectivity index (χ4n) is 4.45. The van der Waals surface area contributed by atoms with Gasteiger partial charge in [-0.05, 0) is 61.7 Å². The molecule has 0 atom stereocenters. The van der Waals surface area contributed by atoms with Crippen LogP contribution in [0.2, 0.25) is 0 Å². The lowest BCUT2D eigenvalue weighted by atomic mass is 9.96. The van der Waals surface area contributed by atoms with E-state index in [-0.39, 0.29) is 18.3 Å². The van der Waals surface area contributed by atoms with Gasteiger partial charge < -0.3 is 24.1 Å². The van der Waals surface area contributed by atoms with Crippen LogP contribution in [0.25, 0.3) is 11.0 Å². The van der Waals surface area contributed by atoms with Crippen molar-refractivity contribution in [3.8, 4) is 11.5 Å². The highest BCUT2D eigenvalue weighted by Crippen LogP contribution is 2.34. The van der Waals surface area contributed by atoms with Crippen molar-refractivity contribution < 1.29 is 19.1 Å². The molecule has 1 N–H and O–H groups in total. The maximum atomic E-state index is 12.6. The Morgan fingerprint density at radius 1 is 1.00 bits per heavy atom. The van der Waals surface area contributed by atoms with Gasteiger partial charge in [0.1, 0.15) is 22.8 Å². The first-order valence-corrected chi connectivity index (χ1v) is 10.7. The number of carbonyl (C=O) groups is 1. The molecule has 2 aliphatic rings. The topological polar surface area (TPSA) is 66.2 Å². The fourth-order valence-corrected chi connectivity index (χ4v) is 4.45. The standard InChI is InChI=1S/C24H26N2O4/c27-18-7-5-17(6-8-18)25-11-13-26(14-12-25)24(28)16-29-19-9-10-23-21(15-19)20-3-1-2-4-22(20)30-23/h5-10,15,27H,1-4,11-14,16H2. The molecule has 2 heterocycles. The van der Waals surface area contributed by atoms with Gasteiger partial charge in [0.25, 0.3) is 5.91 Å². The number of carbonyl (C=O) groups excluding carboxylic acids is 1. The van der Waals surface area contributed by atoms with Crippen LogP contribution in [0, 0.1) is 0 Å². The van der Waals surface area contributed by atoms with Crippen LogP contribution in [0.5, 0.6) is 11.5 Å². The van der Waals surface area contributed by atoms with E-state index in [1.807, 2.05) is 35.2 Å². The quantitative estimate of drug-likeness (QED) is 0.715. The second kappa shape index (κ2) is 7.94. The van der Waals surface area contributed by atoms with Crippen molar-refractivity contribution in [1.29, 1.82) is 0 Å². The first kappa shape index (κ1) is 18.9. The van der Waals surface area contributed by atoms with Crippen LogP contribution in [-0.4, -0.2) is 48.7 Å². The second-order valence-corrected chi connectivity index (χ2v) is 8.04. The van der Waals surface area contributed by atoms with Crippen LogP contribution < -0.4 is 9.64 Å². The van der Waals surface area contributed by atoms with E-state index < -0.39 is 0 Å². The highest BCUT2D eigenvalue weighted by Gasteiger charge is 2.22. The lowest BCUT2D eigenvalue weighted by molar-refractivity contribution is -0.133. The second-order valence-electron chi connectivity index (χ2n) is 8.04. The van der Waals surface area contributed by atoms with Gasteiger partial charge in [-0.25, -0.2) is 0 Å². The van der Waals surface area contributed by atoms with Crippen LogP contribution in [-0.2, 0) is 17.6 Å². The summed E-state index contributed by atoms with van der Waals surface area (Å²) in [6.45, 7) is 2.91. The van der Waals surface area contributed by atoms with Gasteiger partial charge in [0.15, 0.2) is 6.61 Å². The molecule has 0 saturated carbocycles. The molecule has 0 radical (unpaired) electrons. The molecule has 1 fully saturated rings. The zero-order valence-corrected chi connectivity index (χ0v) is 17.0. The lowest BCUT2D eigenvalue weighted by Gasteiger charge is -2.36. The average Bonchev–Trinajstić information content (AvgIpc) is 3.16. The minimum absolute atomic E-state index is 0.00896. The molecule has 0 unspecified atom stereocenters. The average molecular weight is 406 g/mol. The Balaban J connectivity index is 1.18. The minimum atomic E-state index is 0.00896. The van der Waals surface area contributed by atoms with Gasteiger partial charge >= 0.3 is 0 Å². The van der Waals surface area contributed by atoms with E-state index in [4.69, 9.17) is 9.15 Å². The highest BCUT2D eigenvalue weighted by molar-refractivity contribution is 5.84. The Morgan fingerprint density at radius 2 is 1.77 bits per heavy atom. The van der Waals surface area contributed by atoms with E-state index in [1.54, 1.807) is 12.1 Å². The van der Waals surface area contributed by atoms with Crippen molar-refractivity contribution >= 4 is 22.6 Å². The zero-order chi connectivity index (χ0) is 20.5. The number of phenolic OH excluding ortho intramolecular Hbond substituents is 1. The molecule has 6 nitrogen and oxygen atoms in total. The predicted octanol–water partition coefficient (Wildman–Crippen LogP) is 3.74. The molecule has 1 saturated heterocycles. The Bertz CT molecular complexity index is 1050. The molecular formula is C24H26N2O4. The smallest absolute Gasteiger partial charge is 0.260 e. The maximum Gasteiger partial charge on any atom is 0.260 e. The van der Waals surface area contributed by atoms with Crippen LogP contribution in [0.1, 0.15) is 24.2 Å². The lowest BCUT2D eigenvalue weighted by Crippen LogP contribution is -2.50. The number of nitrogens with zero attached hydrogens (tertiary/aromatic N) is 2. The van der Waals surface area contributed by atoms with Gasteiger partial charge in [0.05, 0.1) is 0 Å². The van der Waals surface area contributed by atoms with Crippen LogP contribution in [0.3, 0.4) is 0 Å². The van der Waals surface area contributed by atoms with Gasteiger partial charge in [-0.3, -0.25) is 4.79 Å². The minimum Gasteiger partial charge on any atom is -0.508 e. The number of ether oxygens (including phenoxy) is 1. The molecule has 1 amide bonds. The van der Waals surface area contributed by atoms with Crippen LogP contribution >= 0.6 is 0 Å². The molecule has 0 spiro atoms. The summed E-state index contributed by atoms with van der Waals surface area (Å²) < 4.78 is 11.8. The molecule has 5 rings (SSSR count). The number of furan rings is 1. The summed E-state index contributed by atoms with van der Waals surface area (Å²) in [6, 6.07) is 13.0. The summed E-state index contributed by atoms with van der Waals surface area (Å²) in [5.41, 5.74) is 3.28. The zero-order valence-electron chi connectivity index (χ0n) is 17.0. The molecule has 1 aliphatic heterocycles. The molecule has 2 aromatic carbocycles. The van der Waals surface area contributed by atoms with E-state index in [0.717, 1.165) is 48.3 Å². The molecule has 1 aliphatic carbocycles. The third-order valence-electron chi connectivity index (χ3n) is 6.14. The van der Waals surface area contributed by atoms with E-state index in [1.165, 1.54) is 18.4 Å². The van der Waals surface area contributed by atoms with Crippen molar-refractivity contribution in [1.82, 2.24) is 4.90 Å². The number of aryl methyl sites for hydroxylation is 2. The largest absolute Gasteiger partial charge is 0.508 e. The molecule has 3 aromatic rings. The van der Waals surface area contributed by atoms with Gasteiger partial charge in [-0.1, -0.05) is 0 Å². The van der Waals surface area contributed by atoms with Gasteiger partial charge in [-0.15, -0.1) is 0 Å². The highest BCUT2D eigenvalue weighted by atomic mass is 16.5. The number of phenols is 1. The fraction of sp³-hybridized carbons (Fsp3) is 0.375. The number of rotatable bonds is 4. The summed E-state index contributed by atoms with van der Waals surface area (Å²) >= 11 is 0. The Morgan fingerprint density at radius 3 is 2.57 bits per heavy atom. The summed E-state index contributed by atoms with van der Waals surface area (Å²) in [6.07, 6.45) is 4.44. The van der Waals surface area contributed by atoms with Crippen LogP contribution in [0.15, 0.2) is 46.9 Å². The summed E-state index contributed by atoms with van der Waals surface area (Å²) in [5, 5.41) is 10.6. The van der Waals surface area contributed by atoms with Crippen molar-refractivity contribution in [2.75, 3.05) is 37.7 Å². The maximum absolute atomic E-state index is 12.6. The summed E-state index contributed by atoms with van der Waals surface area (Å²) in [5.74, 6) is 2.09. The third-order valence-corrected chi connectivity index (χ3v) is 6.14. The SMILES string of the molecule is O=C(COc1ccc2oc3c(c2c1)CCCC3)N1CCN(c2ccc(O)cc2)CC1. The van der Waals surface area contributed by atoms with Gasteiger partial charge in [0.2, 0.25) is 0 Å². The van der Waals surface area contributed by atoms with Crippen molar-refractivity contribution in [2.24, 2.45) is 0 Å². The number of amides is 1. The summed E-state index contributed by atoms with van der Waals surface area (Å²) in [7, 11) is 0. The van der Waals surface area contributed by atoms with Crippen molar-refractivity contribution in [3.63, 3.8) is 0 Å². The van der Waals surface area contributed by atoms with Gasteiger partial charge in [0, 0.05) is 49.2 Å². The third kappa shape index (κ3) is 3.70. The number of anilines is 1. The Hall–Kier alpha value is -3.15. The molecule has 6 heteroatoms. The summed E-state index contributed by atoms with van der Waals surface area (Å²) in [4.78, 5) is 16.7.